The van der Waals surface area contributed by atoms with Crippen molar-refractivity contribution >= 4 is 5.82 Å². The Morgan fingerprint density at radius 1 is 1.12 bits per heavy atom. The molecule has 2 aromatic heterocycles. The number of hydrogen-bond acceptors (Lipinski definition) is 7. The fraction of sp³-hybridized carbons (Fsp3) is 0.235. The van der Waals surface area contributed by atoms with Crippen molar-refractivity contribution in [1.29, 1.82) is 0 Å². The number of hydrogen-bond donors (Lipinski definition) is 0. The van der Waals surface area contributed by atoms with Gasteiger partial charge in [-0.2, -0.15) is 0 Å². The molecule has 0 N–H and O–H groups in total. The van der Waals surface area contributed by atoms with Gasteiger partial charge in [-0.25, -0.2) is 15.0 Å². The quantitative estimate of drug-likeness (QED) is 0.630. The fourth-order valence-corrected chi connectivity index (χ4v) is 2.14. The zero-order valence-corrected chi connectivity index (χ0v) is 13.3. The first kappa shape index (κ1) is 15.9. The van der Waals surface area contributed by atoms with Crippen LogP contribution in [0.25, 0.3) is 0 Å². The van der Waals surface area contributed by atoms with Gasteiger partial charge in [0.2, 0.25) is 11.8 Å². The largest absolute Gasteiger partial charge is 0.447 e. The molecule has 0 fully saturated rings. The molecule has 0 aliphatic carbocycles. The molecule has 0 atom stereocenters. The van der Waals surface area contributed by atoms with E-state index >= 15 is 0 Å². The lowest BCUT2D eigenvalue weighted by molar-refractivity contribution is 0.204. The summed E-state index contributed by atoms with van der Waals surface area (Å²) in [6, 6.07) is 11.3. The topological polar surface area (TPSA) is 73.5 Å². The number of para-hydroxylation sites is 1. The Morgan fingerprint density at radius 3 is 2.75 bits per heavy atom. The van der Waals surface area contributed by atoms with Crippen LogP contribution in [0.4, 0.5) is 5.82 Å². The molecule has 7 heteroatoms. The van der Waals surface area contributed by atoms with E-state index in [1.807, 2.05) is 35.2 Å². The first-order valence-corrected chi connectivity index (χ1v) is 7.52. The van der Waals surface area contributed by atoms with Gasteiger partial charge >= 0.3 is 0 Å². The summed E-state index contributed by atoms with van der Waals surface area (Å²) in [5.41, 5.74) is 0. The number of anilines is 1. The van der Waals surface area contributed by atoms with Gasteiger partial charge in [0.25, 0.3) is 0 Å². The summed E-state index contributed by atoms with van der Waals surface area (Å²) in [7, 11) is 1.66. The average Bonchev–Trinajstić information content (AvgIpc) is 3.13. The van der Waals surface area contributed by atoms with Crippen LogP contribution in [0.15, 0.2) is 59.6 Å². The van der Waals surface area contributed by atoms with Gasteiger partial charge in [0.05, 0.1) is 19.3 Å². The lowest BCUT2D eigenvalue weighted by Gasteiger charge is -2.21. The first-order valence-electron chi connectivity index (χ1n) is 7.52. The highest BCUT2D eigenvalue weighted by atomic mass is 16.5. The zero-order valence-electron chi connectivity index (χ0n) is 13.3. The molecular formula is C17H18N4O3. The van der Waals surface area contributed by atoms with E-state index in [0.717, 1.165) is 5.75 Å². The second-order valence-electron chi connectivity index (χ2n) is 4.97. The van der Waals surface area contributed by atoms with E-state index in [2.05, 4.69) is 15.0 Å². The van der Waals surface area contributed by atoms with Crippen LogP contribution in [0.2, 0.25) is 0 Å². The first-order chi connectivity index (χ1) is 11.8. The maximum absolute atomic E-state index is 5.76. The molecule has 0 radical (unpaired) electrons. The summed E-state index contributed by atoms with van der Waals surface area (Å²) in [4.78, 5) is 14.6. The standard InChI is InChI=1S/C17H18N4O3/c1-22-10-8-21(12-17-18-7-9-23-17)15-11-16(20-13-19-15)24-14-5-3-2-4-6-14/h2-7,9,11,13H,8,10,12H2,1H3. The predicted octanol–water partition coefficient (Wildman–Crippen LogP) is 2.91. The smallest absolute Gasteiger partial charge is 0.224 e. The molecule has 0 spiro atoms. The monoisotopic (exact) mass is 326 g/mol. The van der Waals surface area contributed by atoms with Gasteiger partial charge in [-0.05, 0) is 12.1 Å². The van der Waals surface area contributed by atoms with Crippen LogP contribution in [0, 0.1) is 0 Å². The minimum atomic E-state index is 0.473. The molecule has 0 unspecified atom stereocenters. The van der Waals surface area contributed by atoms with E-state index in [9.17, 15) is 0 Å². The number of nitrogens with zero attached hydrogens (tertiary/aromatic N) is 4. The Hall–Kier alpha value is -2.93. The molecular weight excluding hydrogens is 308 g/mol. The lowest BCUT2D eigenvalue weighted by atomic mass is 10.3. The van der Waals surface area contributed by atoms with Crippen molar-refractivity contribution in [2.45, 2.75) is 6.54 Å². The van der Waals surface area contributed by atoms with Crippen molar-refractivity contribution in [3.8, 4) is 11.6 Å². The second kappa shape index (κ2) is 8.07. The predicted molar refractivity (Wildman–Crippen MR) is 88.0 cm³/mol. The van der Waals surface area contributed by atoms with Gasteiger partial charge in [-0.15, -0.1) is 0 Å². The Morgan fingerprint density at radius 2 is 2.00 bits per heavy atom. The highest BCUT2D eigenvalue weighted by Gasteiger charge is 2.13. The Labute approximate surface area is 139 Å². The molecule has 24 heavy (non-hydrogen) atoms. The summed E-state index contributed by atoms with van der Waals surface area (Å²) >= 11 is 0. The number of benzene rings is 1. The normalized spacial score (nSPS) is 10.5. The van der Waals surface area contributed by atoms with Crippen LogP contribution in [0.1, 0.15) is 5.89 Å². The molecule has 3 rings (SSSR count). The number of oxazole rings is 1. The van der Waals surface area contributed by atoms with Crippen LogP contribution in [-0.4, -0.2) is 35.2 Å². The summed E-state index contributed by atoms with van der Waals surface area (Å²) in [5.74, 6) is 2.51. The van der Waals surface area contributed by atoms with Crippen molar-refractivity contribution in [3.05, 3.63) is 61.1 Å². The van der Waals surface area contributed by atoms with Gasteiger partial charge in [0, 0.05) is 19.7 Å². The van der Waals surface area contributed by atoms with Crippen molar-refractivity contribution in [2.75, 3.05) is 25.2 Å². The molecule has 124 valence electrons. The second-order valence-corrected chi connectivity index (χ2v) is 4.97. The molecule has 0 aliphatic heterocycles. The third kappa shape index (κ3) is 4.30. The molecule has 0 amide bonds. The highest BCUT2D eigenvalue weighted by molar-refractivity contribution is 5.42. The maximum atomic E-state index is 5.76. The third-order valence-electron chi connectivity index (χ3n) is 3.29. The molecule has 1 aromatic carbocycles. The summed E-state index contributed by atoms with van der Waals surface area (Å²) in [6.07, 6.45) is 4.64. The summed E-state index contributed by atoms with van der Waals surface area (Å²) < 4.78 is 16.3. The lowest BCUT2D eigenvalue weighted by Crippen LogP contribution is -2.27. The molecule has 7 nitrogen and oxygen atoms in total. The number of rotatable bonds is 8. The van der Waals surface area contributed by atoms with Gasteiger partial charge in [-0.3, -0.25) is 0 Å². The molecule has 3 aromatic rings. The number of ether oxygens (including phenoxy) is 2. The van der Waals surface area contributed by atoms with E-state index < -0.39 is 0 Å². The average molecular weight is 326 g/mol. The van der Waals surface area contributed by atoms with Gasteiger partial charge < -0.3 is 18.8 Å². The molecule has 0 bridgehead atoms. The van der Waals surface area contributed by atoms with Crippen LogP contribution in [0.5, 0.6) is 11.6 Å². The molecule has 0 saturated carbocycles. The van der Waals surface area contributed by atoms with Gasteiger partial charge in [-0.1, -0.05) is 18.2 Å². The number of methoxy groups -OCH3 is 1. The van der Waals surface area contributed by atoms with Crippen LogP contribution in [-0.2, 0) is 11.3 Å². The van der Waals surface area contributed by atoms with Gasteiger partial charge in [0.15, 0.2) is 0 Å². The summed E-state index contributed by atoms with van der Waals surface area (Å²) in [5, 5.41) is 0. The molecule has 2 heterocycles. The Bertz CT molecular complexity index is 735. The van der Waals surface area contributed by atoms with Crippen molar-refractivity contribution in [1.82, 2.24) is 15.0 Å². The van der Waals surface area contributed by atoms with E-state index in [4.69, 9.17) is 13.9 Å². The maximum Gasteiger partial charge on any atom is 0.224 e. The van der Waals surface area contributed by atoms with E-state index in [1.54, 1.807) is 25.6 Å². The Kier molecular flexibility index (Phi) is 5.36. The highest BCUT2D eigenvalue weighted by Crippen LogP contribution is 2.22. The van der Waals surface area contributed by atoms with Crippen LogP contribution >= 0.6 is 0 Å². The summed E-state index contributed by atoms with van der Waals surface area (Å²) in [6.45, 7) is 1.68. The molecule has 0 saturated heterocycles. The van der Waals surface area contributed by atoms with Crippen LogP contribution in [0.3, 0.4) is 0 Å². The van der Waals surface area contributed by atoms with Crippen molar-refractivity contribution in [3.63, 3.8) is 0 Å². The minimum Gasteiger partial charge on any atom is -0.447 e. The van der Waals surface area contributed by atoms with Crippen LogP contribution < -0.4 is 9.64 Å². The SMILES string of the molecule is COCCN(Cc1ncco1)c1cc(Oc2ccccc2)ncn1. The fourth-order valence-electron chi connectivity index (χ4n) is 2.14. The molecule has 0 aliphatic rings. The Balaban J connectivity index is 1.77. The van der Waals surface area contributed by atoms with E-state index in [1.165, 1.54) is 6.33 Å². The van der Waals surface area contributed by atoms with E-state index in [0.29, 0.717) is 37.3 Å². The zero-order chi connectivity index (χ0) is 16.6. The van der Waals surface area contributed by atoms with Crippen molar-refractivity contribution in [2.24, 2.45) is 0 Å². The van der Waals surface area contributed by atoms with Gasteiger partial charge in [0.1, 0.15) is 24.2 Å². The minimum absolute atomic E-state index is 0.473. The third-order valence-corrected chi connectivity index (χ3v) is 3.29. The van der Waals surface area contributed by atoms with E-state index in [-0.39, 0.29) is 0 Å². The number of aromatic nitrogens is 3. The van der Waals surface area contributed by atoms with Crippen molar-refractivity contribution < 1.29 is 13.9 Å².